The van der Waals surface area contributed by atoms with Crippen LogP contribution in [-0.2, 0) is 19.0 Å². The van der Waals surface area contributed by atoms with E-state index in [4.69, 9.17) is 19.9 Å². The lowest BCUT2D eigenvalue weighted by Crippen LogP contribution is -2.11. The van der Waals surface area contributed by atoms with Crippen molar-refractivity contribution in [2.75, 3.05) is 40.1 Å². The van der Waals surface area contributed by atoms with E-state index < -0.39 is 0 Å². The average molecular weight is 219 g/mol. The molecule has 15 heavy (non-hydrogen) atoms. The molecule has 0 amide bonds. The second kappa shape index (κ2) is 11.4. The van der Waals surface area contributed by atoms with Gasteiger partial charge in [0.1, 0.15) is 0 Å². The van der Waals surface area contributed by atoms with Gasteiger partial charge in [0.2, 0.25) is 0 Å². The number of hydrogen-bond donors (Lipinski definition) is 1. The summed E-state index contributed by atoms with van der Waals surface area (Å²) < 4.78 is 15.0. The molecule has 0 aliphatic heterocycles. The summed E-state index contributed by atoms with van der Waals surface area (Å²) in [5.41, 5.74) is 5.26. The highest BCUT2D eigenvalue weighted by Gasteiger charge is 2.00. The van der Waals surface area contributed by atoms with Crippen LogP contribution in [-0.4, -0.2) is 46.1 Å². The molecule has 0 aromatic rings. The Morgan fingerprint density at radius 1 is 1.13 bits per heavy atom. The van der Waals surface area contributed by atoms with Gasteiger partial charge in [-0.3, -0.25) is 4.79 Å². The van der Waals surface area contributed by atoms with Gasteiger partial charge in [-0.1, -0.05) is 0 Å². The molecule has 5 nitrogen and oxygen atoms in total. The molecule has 90 valence electrons. The SMILES string of the molecule is COCCOCCCOC(=O)CCCN. The van der Waals surface area contributed by atoms with E-state index in [1.807, 2.05) is 0 Å². The van der Waals surface area contributed by atoms with Crippen molar-refractivity contribution in [3.63, 3.8) is 0 Å². The molecule has 0 aliphatic rings. The fourth-order valence-electron chi connectivity index (χ4n) is 0.910. The van der Waals surface area contributed by atoms with Gasteiger partial charge in [-0.15, -0.1) is 0 Å². The number of methoxy groups -OCH3 is 1. The Morgan fingerprint density at radius 2 is 1.93 bits per heavy atom. The van der Waals surface area contributed by atoms with Gasteiger partial charge in [-0.2, -0.15) is 0 Å². The molecule has 0 aromatic carbocycles. The predicted octanol–water partition coefficient (Wildman–Crippen LogP) is 0.322. The summed E-state index contributed by atoms with van der Waals surface area (Å²) in [7, 11) is 1.63. The Morgan fingerprint density at radius 3 is 2.60 bits per heavy atom. The van der Waals surface area contributed by atoms with Crippen LogP contribution in [0.25, 0.3) is 0 Å². The first-order valence-electron chi connectivity index (χ1n) is 5.23. The summed E-state index contributed by atoms with van der Waals surface area (Å²) in [4.78, 5) is 11.0. The van der Waals surface area contributed by atoms with E-state index in [0.29, 0.717) is 45.8 Å². The monoisotopic (exact) mass is 219 g/mol. The lowest BCUT2D eigenvalue weighted by molar-refractivity contribution is -0.144. The van der Waals surface area contributed by atoms with Crippen LogP contribution in [0.4, 0.5) is 0 Å². The summed E-state index contributed by atoms with van der Waals surface area (Å²) in [5, 5.41) is 0. The maximum atomic E-state index is 11.0. The van der Waals surface area contributed by atoms with E-state index in [2.05, 4.69) is 0 Å². The highest BCUT2D eigenvalue weighted by molar-refractivity contribution is 5.69. The average Bonchev–Trinajstić information content (AvgIpc) is 2.25. The molecule has 0 spiro atoms. The molecular formula is C10H21NO4. The maximum absolute atomic E-state index is 11.0. The van der Waals surface area contributed by atoms with Gasteiger partial charge in [0.25, 0.3) is 0 Å². The molecule has 0 fully saturated rings. The topological polar surface area (TPSA) is 70.8 Å². The van der Waals surface area contributed by atoms with Crippen LogP contribution in [0.5, 0.6) is 0 Å². The van der Waals surface area contributed by atoms with Gasteiger partial charge in [0, 0.05) is 26.6 Å². The summed E-state index contributed by atoms with van der Waals surface area (Å²) in [6.45, 7) is 2.70. The van der Waals surface area contributed by atoms with Gasteiger partial charge in [0.15, 0.2) is 0 Å². The van der Waals surface area contributed by atoms with E-state index in [1.54, 1.807) is 7.11 Å². The molecule has 0 unspecified atom stereocenters. The van der Waals surface area contributed by atoms with E-state index in [-0.39, 0.29) is 5.97 Å². The van der Waals surface area contributed by atoms with Crippen molar-refractivity contribution in [1.29, 1.82) is 0 Å². The molecule has 2 N–H and O–H groups in total. The molecule has 5 heteroatoms. The zero-order chi connectivity index (χ0) is 11.4. The fraction of sp³-hybridized carbons (Fsp3) is 0.900. The minimum absolute atomic E-state index is 0.183. The number of carbonyl (C=O) groups excluding carboxylic acids is 1. The molecule has 0 bridgehead atoms. The van der Waals surface area contributed by atoms with Crippen molar-refractivity contribution in [2.24, 2.45) is 5.73 Å². The van der Waals surface area contributed by atoms with Crippen LogP contribution in [0.2, 0.25) is 0 Å². The quantitative estimate of drug-likeness (QED) is 0.423. The molecule has 0 atom stereocenters. The number of rotatable bonds is 10. The van der Waals surface area contributed by atoms with Gasteiger partial charge < -0.3 is 19.9 Å². The fourth-order valence-corrected chi connectivity index (χ4v) is 0.910. The highest BCUT2D eigenvalue weighted by atomic mass is 16.5. The Bertz CT molecular complexity index is 152. The number of hydrogen-bond acceptors (Lipinski definition) is 5. The van der Waals surface area contributed by atoms with E-state index in [9.17, 15) is 4.79 Å². The van der Waals surface area contributed by atoms with Crippen molar-refractivity contribution in [3.05, 3.63) is 0 Å². The summed E-state index contributed by atoms with van der Waals surface area (Å²) in [5.74, 6) is -0.183. The van der Waals surface area contributed by atoms with Crippen molar-refractivity contribution >= 4 is 5.97 Å². The molecule has 0 radical (unpaired) electrons. The number of carbonyl (C=O) groups is 1. The van der Waals surface area contributed by atoms with Crippen molar-refractivity contribution in [3.8, 4) is 0 Å². The van der Waals surface area contributed by atoms with Crippen LogP contribution in [0.15, 0.2) is 0 Å². The van der Waals surface area contributed by atoms with E-state index in [0.717, 1.165) is 6.42 Å². The van der Waals surface area contributed by atoms with E-state index in [1.165, 1.54) is 0 Å². The minimum Gasteiger partial charge on any atom is -0.466 e. The summed E-state index contributed by atoms with van der Waals surface area (Å²) >= 11 is 0. The summed E-state index contributed by atoms with van der Waals surface area (Å²) in [6.07, 6.45) is 1.81. The van der Waals surface area contributed by atoms with Crippen LogP contribution in [0.1, 0.15) is 19.3 Å². The Balaban J connectivity index is 3.06. The van der Waals surface area contributed by atoms with E-state index >= 15 is 0 Å². The second-order valence-corrected chi connectivity index (χ2v) is 3.07. The van der Waals surface area contributed by atoms with Crippen molar-refractivity contribution < 1.29 is 19.0 Å². The van der Waals surface area contributed by atoms with Gasteiger partial charge in [-0.25, -0.2) is 0 Å². The third kappa shape index (κ3) is 11.3. The maximum Gasteiger partial charge on any atom is 0.305 e. The molecule has 0 heterocycles. The van der Waals surface area contributed by atoms with Crippen LogP contribution >= 0.6 is 0 Å². The molecule has 0 aromatic heterocycles. The smallest absolute Gasteiger partial charge is 0.305 e. The number of esters is 1. The number of ether oxygens (including phenoxy) is 3. The molecule has 0 aliphatic carbocycles. The first-order chi connectivity index (χ1) is 7.31. The Labute approximate surface area is 90.9 Å². The Kier molecular flexibility index (Phi) is 10.9. The zero-order valence-electron chi connectivity index (χ0n) is 9.37. The standard InChI is InChI=1S/C10H21NO4/c1-13-8-9-14-6-3-7-15-10(12)4-2-5-11/h2-9,11H2,1H3. The molecule has 0 saturated carbocycles. The molecular weight excluding hydrogens is 198 g/mol. The third-order valence-corrected chi connectivity index (χ3v) is 1.71. The molecule has 0 rings (SSSR count). The first-order valence-corrected chi connectivity index (χ1v) is 5.23. The minimum atomic E-state index is -0.183. The summed E-state index contributed by atoms with van der Waals surface area (Å²) in [6, 6.07) is 0. The van der Waals surface area contributed by atoms with Crippen molar-refractivity contribution in [2.45, 2.75) is 19.3 Å². The van der Waals surface area contributed by atoms with Crippen LogP contribution in [0, 0.1) is 0 Å². The lowest BCUT2D eigenvalue weighted by atomic mass is 10.3. The van der Waals surface area contributed by atoms with Gasteiger partial charge >= 0.3 is 5.97 Å². The first kappa shape index (κ1) is 14.3. The Hall–Kier alpha value is -0.650. The number of nitrogens with two attached hydrogens (primary N) is 1. The predicted molar refractivity (Wildman–Crippen MR) is 56.6 cm³/mol. The normalized spacial score (nSPS) is 10.3. The van der Waals surface area contributed by atoms with Crippen LogP contribution < -0.4 is 5.73 Å². The largest absolute Gasteiger partial charge is 0.466 e. The van der Waals surface area contributed by atoms with Gasteiger partial charge in [0.05, 0.1) is 19.8 Å². The third-order valence-electron chi connectivity index (χ3n) is 1.71. The molecule has 0 saturated heterocycles. The van der Waals surface area contributed by atoms with Gasteiger partial charge in [-0.05, 0) is 13.0 Å². The van der Waals surface area contributed by atoms with Crippen LogP contribution in [0.3, 0.4) is 0 Å². The van der Waals surface area contributed by atoms with Crippen molar-refractivity contribution in [1.82, 2.24) is 0 Å². The second-order valence-electron chi connectivity index (χ2n) is 3.07. The highest BCUT2D eigenvalue weighted by Crippen LogP contribution is 1.92. The lowest BCUT2D eigenvalue weighted by Gasteiger charge is -2.05. The zero-order valence-corrected chi connectivity index (χ0v) is 9.37.